The van der Waals surface area contributed by atoms with Crippen LogP contribution in [0.15, 0.2) is 59.7 Å². The number of carboxylic acids is 1. The fraction of sp³-hybridized carbons (Fsp3) is 0.387. The Hall–Kier alpha value is -5.11. The van der Waals surface area contributed by atoms with Crippen LogP contribution in [-0.2, 0) is 32.0 Å². The first-order valence-electron chi connectivity index (χ1n) is 14.6. The zero-order chi connectivity index (χ0) is 33.1. The van der Waals surface area contributed by atoms with Crippen LogP contribution >= 0.6 is 0 Å². The van der Waals surface area contributed by atoms with Crippen molar-refractivity contribution in [3.8, 4) is 5.75 Å². The molecule has 2 aromatic carbocycles. The van der Waals surface area contributed by atoms with Gasteiger partial charge in [-0.3, -0.25) is 19.4 Å². The molecule has 1 heterocycles. The van der Waals surface area contributed by atoms with Gasteiger partial charge in [-0.1, -0.05) is 44.2 Å². The lowest BCUT2D eigenvalue weighted by atomic mass is 10.00. The number of phenols is 1. The Bertz CT molecular complexity index is 1500. The minimum atomic E-state index is -1.27. The van der Waals surface area contributed by atoms with Crippen LogP contribution in [0.5, 0.6) is 5.75 Å². The molecule has 3 amide bonds. The Morgan fingerprint density at radius 1 is 0.867 bits per heavy atom. The highest BCUT2D eigenvalue weighted by Crippen LogP contribution is 2.20. The number of H-pyrrole nitrogens is 1. The fourth-order valence-electron chi connectivity index (χ4n) is 4.68. The first kappa shape index (κ1) is 34.4. The molecule has 0 aliphatic heterocycles. The number of rotatable bonds is 16. The highest BCUT2D eigenvalue weighted by atomic mass is 16.4. The SMILES string of the molecule is CC(C)C(N)C(=O)NC(Cc1ccc(O)cc1)C(=O)NC(Cc1c[nH]c2ccccc12)C(=O)NC(CCCN=C(N)N)C(=O)O. The smallest absolute Gasteiger partial charge is 0.326 e. The van der Waals surface area contributed by atoms with E-state index in [2.05, 4.69) is 25.9 Å². The summed E-state index contributed by atoms with van der Waals surface area (Å²) in [5, 5.41) is 28.3. The number of aliphatic imine (C=N–C) groups is 1. The van der Waals surface area contributed by atoms with Gasteiger partial charge in [0.15, 0.2) is 5.96 Å². The third-order valence-corrected chi connectivity index (χ3v) is 7.32. The van der Waals surface area contributed by atoms with E-state index in [9.17, 15) is 29.4 Å². The van der Waals surface area contributed by atoms with Crippen LogP contribution in [0.2, 0.25) is 0 Å². The molecule has 12 N–H and O–H groups in total. The summed E-state index contributed by atoms with van der Waals surface area (Å²) >= 11 is 0. The number of carbonyl (C=O) groups excluding carboxylic acids is 3. The van der Waals surface area contributed by atoms with Crippen LogP contribution in [0, 0.1) is 5.92 Å². The van der Waals surface area contributed by atoms with Crippen molar-refractivity contribution in [2.45, 2.75) is 63.7 Å². The average Bonchev–Trinajstić information content (AvgIpc) is 3.40. The number of nitrogens with zero attached hydrogens (tertiary/aromatic N) is 1. The van der Waals surface area contributed by atoms with Crippen LogP contribution in [0.1, 0.15) is 37.8 Å². The van der Waals surface area contributed by atoms with Gasteiger partial charge in [-0.15, -0.1) is 0 Å². The number of nitrogens with two attached hydrogens (primary N) is 3. The zero-order valence-corrected chi connectivity index (χ0v) is 25.3. The molecule has 3 rings (SSSR count). The molecule has 4 atom stereocenters. The van der Waals surface area contributed by atoms with Gasteiger partial charge in [0.25, 0.3) is 0 Å². The topological polar surface area (TPSA) is 251 Å². The van der Waals surface area contributed by atoms with E-state index in [0.717, 1.165) is 10.9 Å². The number of carbonyl (C=O) groups is 4. The monoisotopic (exact) mass is 622 g/mol. The Kier molecular flexibility index (Phi) is 12.3. The lowest BCUT2D eigenvalue weighted by Crippen LogP contribution is -2.58. The number of benzene rings is 2. The van der Waals surface area contributed by atoms with Crippen molar-refractivity contribution in [1.29, 1.82) is 0 Å². The van der Waals surface area contributed by atoms with E-state index in [4.69, 9.17) is 17.2 Å². The summed E-state index contributed by atoms with van der Waals surface area (Å²) in [5.74, 6) is -3.51. The maximum atomic E-state index is 13.8. The Morgan fingerprint density at radius 2 is 1.47 bits per heavy atom. The number of aliphatic carboxylic acids is 1. The first-order chi connectivity index (χ1) is 21.3. The molecule has 0 saturated carbocycles. The van der Waals surface area contributed by atoms with Gasteiger partial charge in [-0.05, 0) is 48.1 Å². The van der Waals surface area contributed by atoms with Crippen LogP contribution in [-0.4, -0.2) is 75.6 Å². The summed E-state index contributed by atoms with van der Waals surface area (Å²) in [6.07, 6.45) is 2.10. The quantitative estimate of drug-likeness (QED) is 0.0601. The molecular formula is C31H42N8O6. The molecule has 0 aliphatic rings. The molecule has 45 heavy (non-hydrogen) atoms. The van der Waals surface area contributed by atoms with Gasteiger partial charge >= 0.3 is 5.97 Å². The summed E-state index contributed by atoms with van der Waals surface area (Å²) in [4.78, 5) is 59.3. The maximum absolute atomic E-state index is 13.8. The van der Waals surface area contributed by atoms with Crippen molar-refractivity contribution in [3.05, 3.63) is 65.9 Å². The lowest BCUT2D eigenvalue weighted by Gasteiger charge is -2.26. The lowest BCUT2D eigenvalue weighted by molar-refractivity contribution is -0.142. The second kappa shape index (κ2) is 16.1. The average molecular weight is 623 g/mol. The van der Waals surface area contributed by atoms with E-state index in [0.29, 0.717) is 11.1 Å². The summed E-state index contributed by atoms with van der Waals surface area (Å²) < 4.78 is 0. The van der Waals surface area contributed by atoms with E-state index < -0.39 is 47.9 Å². The number of phenolic OH excluding ortho intramolecular Hbond substituents is 1. The van der Waals surface area contributed by atoms with Crippen molar-refractivity contribution in [2.24, 2.45) is 28.1 Å². The molecule has 0 bridgehead atoms. The standard InChI is InChI=1S/C31H42N8O6/c1-17(2)26(32)29(43)39-24(14-18-9-11-20(40)12-10-18)27(41)38-25(15-19-16-36-22-7-4-3-6-21(19)22)28(42)37-23(30(44)45)8-5-13-35-31(33)34/h3-4,6-7,9-12,16-17,23-26,36,40H,5,8,13-15,32H2,1-2H3,(H,37,42)(H,38,41)(H,39,43)(H,44,45)(H4,33,34,35). The van der Waals surface area contributed by atoms with E-state index in [1.807, 2.05) is 24.3 Å². The Morgan fingerprint density at radius 3 is 2.09 bits per heavy atom. The number of guanidine groups is 1. The molecule has 4 unspecified atom stereocenters. The van der Waals surface area contributed by atoms with Gasteiger partial charge < -0.3 is 48.3 Å². The second-order valence-electron chi connectivity index (χ2n) is 11.2. The van der Waals surface area contributed by atoms with Crippen molar-refractivity contribution in [1.82, 2.24) is 20.9 Å². The van der Waals surface area contributed by atoms with Crippen LogP contribution < -0.4 is 33.2 Å². The number of aromatic nitrogens is 1. The van der Waals surface area contributed by atoms with Crippen molar-refractivity contribution in [2.75, 3.05) is 6.54 Å². The molecule has 3 aromatic rings. The summed E-state index contributed by atoms with van der Waals surface area (Å²) in [5.41, 5.74) is 18.9. The summed E-state index contributed by atoms with van der Waals surface area (Å²) in [7, 11) is 0. The molecule has 0 aliphatic carbocycles. The molecule has 0 saturated heterocycles. The fourth-order valence-corrected chi connectivity index (χ4v) is 4.68. The van der Waals surface area contributed by atoms with Crippen LogP contribution in [0.25, 0.3) is 10.9 Å². The van der Waals surface area contributed by atoms with E-state index >= 15 is 0 Å². The number of aromatic amines is 1. The molecule has 14 heteroatoms. The van der Waals surface area contributed by atoms with Gasteiger partial charge in [-0.2, -0.15) is 0 Å². The predicted molar refractivity (Wildman–Crippen MR) is 170 cm³/mol. The molecular weight excluding hydrogens is 580 g/mol. The van der Waals surface area contributed by atoms with E-state index in [-0.39, 0.29) is 49.9 Å². The van der Waals surface area contributed by atoms with Gasteiger partial charge in [0.1, 0.15) is 23.9 Å². The third kappa shape index (κ3) is 10.2. The number of carboxylic acid groups (broad SMARTS) is 1. The Labute approximate surface area is 260 Å². The van der Waals surface area contributed by atoms with E-state index in [1.54, 1.807) is 32.2 Å². The minimum absolute atomic E-state index is 0.0211. The van der Waals surface area contributed by atoms with Crippen molar-refractivity contribution >= 4 is 40.6 Å². The van der Waals surface area contributed by atoms with Crippen molar-refractivity contribution < 1.29 is 29.4 Å². The van der Waals surface area contributed by atoms with Crippen LogP contribution in [0.4, 0.5) is 0 Å². The third-order valence-electron chi connectivity index (χ3n) is 7.32. The number of nitrogens with one attached hydrogen (secondary N) is 4. The van der Waals surface area contributed by atoms with Crippen molar-refractivity contribution in [3.63, 3.8) is 0 Å². The first-order valence-corrected chi connectivity index (χ1v) is 14.6. The van der Waals surface area contributed by atoms with E-state index in [1.165, 1.54) is 12.1 Å². The van der Waals surface area contributed by atoms with Gasteiger partial charge in [0.2, 0.25) is 17.7 Å². The van der Waals surface area contributed by atoms with Gasteiger partial charge in [-0.25, -0.2) is 4.79 Å². The highest BCUT2D eigenvalue weighted by molar-refractivity contribution is 5.95. The molecule has 14 nitrogen and oxygen atoms in total. The number of para-hydroxylation sites is 1. The molecule has 242 valence electrons. The molecule has 0 fully saturated rings. The summed E-state index contributed by atoms with van der Waals surface area (Å²) in [6.45, 7) is 3.72. The number of amides is 3. The molecule has 0 spiro atoms. The molecule has 0 radical (unpaired) electrons. The van der Waals surface area contributed by atoms with Gasteiger partial charge in [0.05, 0.1) is 6.04 Å². The zero-order valence-electron chi connectivity index (χ0n) is 25.3. The largest absolute Gasteiger partial charge is 0.508 e. The number of fused-ring (bicyclic) bond motifs is 1. The number of hydrogen-bond acceptors (Lipinski definition) is 7. The molecule has 1 aromatic heterocycles. The number of hydrogen-bond donors (Lipinski definition) is 9. The highest BCUT2D eigenvalue weighted by Gasteiger charge is 2.31. The normalized spacial score (nSPS) is 13.8. The maximum Gasteiger partial charge on any atom is 0.326 e. The minimum Gasteiger partial charge on any atom is -0.508 e. The summed E-state index contributed by atoms with van der Waals surface area (Å²) in [6, 6.07) is 9.05. The predicted octanol–water partition coefficient (Wildman–Crippen LogP) is 0.235. The Balaban J connectivity index is 1.89. The van der Waals surface area contributed by atoms with Gasteiger partial charge in [0, 0.05) is 36.5 Å². The number of aromatic hydroxyl groups is 1. The second-order valence-corrected chi connectivity index (χ2v) is 11.2. The van der Waals surface area contributed by atoms with Crippen LogP contribution in [0.3, 0.4) is 0 Å².